The highest BCUT2D eigenvalue weighted by Crippen LogP contribution is 2.38. The Morgan fingerprint density at radius 2 is 1.86 bits per heavy atom. The lowest BCUT2D eigenvalue weighted by Gasteiger charge is -2.16. The summed E-state index contributed by atoms with van der Waals surface area (Å²) in [7, 11) is 0. The van der Waals surface area contributed by atoms with Crippen LogP contribution in [0.15, 0.2) is 77.4 Å². The maximum Gasteiger partial charge on any atom is 0.134 e. The lowest BCUT2D eigenvalue weighted by atomic mass is 9.89. The third-order valence-corrected chi connectivity index (χ3v) is 5.52. The Bertz CT molecular complexity index is 1010. The molecule has 1 heterocycles. The van der Waals surface area contributed by atoms with Crippen molar-refractivity contribution in [2.75, 3.05) is 0 Å². The van der Waals surface area contributed by atoms with Crippen molar-refractivity contribution in [3.05, 3.63) is 89.7 Å². The van der Waals surface area contributed by atoms with Gasteiger partial charge < -0.3 is 4.42 Å². The van der Waals surface area contributed by atoms with Gasteiger partial charge in [-0.1, -0.05) is 61.0 Å². The molecular formula is C27H28O. The number of aryl methyl sites for hydroxylation is 2. The minimum absolute atomic E-state index is 0.799. The maximum absolute atomic E-state index is 5.75. The van der Waals surface area contributed by atoms with Gasteiger partial charge in [0.1, 0.15) is 5.76 Å². The van der Waals surface area contributed by atoms with E-state index in [2.05, 4.69) is 75.4 Å². The van der Waals surface area contributed by atoms with Crippen molar-refractivity contribution in [3.8, 4) is 22.5 Å². The number of rotatable bonds is 6. The summed E-state index contributed by atoms with van der Waals surface area (Å²) in [5.74, 6) is 1.72. The Kier molecular flexibility index (Phi) is 5.34. The van der Waals surface area contributed by atoms with Crippen LogP contribution in [0.4, 0.5) is 0 Å². The second-order valence-electron chi connectivity index (χ2n) is 7.83. The van der Waals surface area contributed by atoms with E-state index in [1.807, 2.05) is 12.1 Å². The van der Waals surface area contributed by atoms with Crippen LogP contribution in [0.1, 0.15) is 43.4 Å². The van der Waals surface area contributed by atoms with Gasteiger partial charge in [0.05, 0.1) is 6.26 Å². The molecule has 1 saturated carbocycles. The van der Waals surface area contributed by atoms with E-state index in [1.54, 1.807) is 6.26 Å². The molecule has 0 N–H and O–H groups in total. The Balaban J connectivity index is 1.84. The molecule has 0 amide bonds. The molecule has 1 aliphatic rings. The zero-order valence-corrected chi connectivity index (χ0v) is 17.0. The molecule has 0 bridgehead atoms. The molecule has 0 radical (unpaired) electrons. The highest BCUT2D eigenvalue weighted by atomic mass is 16.3. The first-order valence-electron chi connectivity index (χ1n) is 10.3. The fourth-order valence-electron chi connectivity index (χ4n) is 3.64. The van der Waals surface area contributed by atoms with Gasteiger partial charge in [-0.25, -0.2) is 0 Å². The average Bonchev–Trinajstić information content (AvgIpc) is 3.37. The van der Waals surface area contributed by atoms with E-state index in [-0.39, 0.29) is 0 Å². The quantitative estimate of drug-likeness (QED) is 0.404. The van der Waals surface area contributed by atoms with E-state index in [9.17, 15) is 0 Å². The van der Waals surface area contributed by atoms with Gasteiger partial charge in [-0.3, -0.25) is 0 Å². The third-order valence-electron chi connectivity index (χ3n) is 5.52. The summed E-state index contributed by atoms with van der Waals surface area (Å²) in [5.41, 5.74) is 8.83. The van der Waals surface area contributed by atoms with Crippen molar-refractivity contribution in [1.29, 1.82) is 0 Å². The highest BCUT2D eigenvalue weighted by molar-refractivity contribution is 5.89. The van der Waals surface area contributed by atoms with Gasteiger partial charge in [0.2, 0.25) is 0 Å². The summed E-state index contributed by atoms with van der Waals surface area (Å²) >= 11 is 0. The van der Waals surface area contributed by atoms with E-state index in [1.165, 1.54) is 46.2 Å². The van der Waals surface area contributed by atoms with Gasteiger partial charge >= 0.3 is 0 Å². The number of hydrogen-bond donors (Lipinski definition) is 0. The van der Waals surface area contributed by atoms with Gasteiger partial charge in [-0.15, -0.1) is 0 Å². The molecule has 0 spiro atoms. The van der Waals surface area contributed by atoms with E-state index in [0.717, 1.165) is 23.7 Å². The Morgan fingerprint density at radius 3 is 2.57 bits per heavy atom. The van der Waals surface area contributed by atoms with Gasteiger partial charge in [0, 0.05) is 5.56 Å². The van der Waals surface area contributed by atoms with Crippen LogP contribution in [0.3, 0.4) is 0 Å². The smallest absolute Gasteiger partial charge is 0.134 e. The largest absolute Gasteiger partial charge is 0.464 e. The van der Waals surface area contributed by atoms with Gasteiger partial charge in [-0.2, -0.15) is 0 Å². The van der Waals surface area contributed by atoms with Crippen molar-refractivity contribution in [3.63, 3.8) is 0 Å². The van der Waals surface area contributed by atoms with Gasteiger partial charge in [-0.05, 0) is 85.1 Å². The summed E-state index contributed by atoms with van der Waals surface area (Å²) in [6.07, 6.45) is 12.3. The molecule has 1 aromatic heterocycles. The summed E-state index contributed by atoms with van der Waals surface area (Å²) in [6.45, 7) is 6.56. The number of furan rings is 1. The monoisotopic (exact) mass is 368 g/mol. The first-order valence-corrected chi connectivity index (χ1v) is 10.3. The number of hydrogen-bond acceptors (Lipinski definition) is 1. The average molecular weight is 369 g/mol. The first kappa shape index (κ1) is 18.6. The molecule has 0 atom stereocenters. The summed E-state index contributed by atoms with van der Waals surface area (Å²) in [5, 5.41) is 0. The molecule has 2 aromatic carbocycles. The number of allylic oxidation sites excluding steroid dienone is 4. The minimum Gasteiger partial charge on any atom is -0.464 e. The number of benzene rings is 2. The van der Waals surface area contributed by atoms with Crippen molar-refractivity contribution in [2.24, 2.45) is 5.92 Å². The van der Waals surface area contributed by atoms with Crippen LogP contribution in [0, 0.1) is 12.8 Å². The lowest BCUT2D eigenvalue weighted by Crippen LogP contribution is -1.93. The van der Waals surface area contributed by atoms with Crippen LogP contribution in [0.2, 0.25) is 0 Å². The SMILES string of the molecule is CCc1ccc(-c2ccc(C)cc2-c2ccco2)c(/C(C)=C/C=C\C2CC2)c1. The fraction of sp³-hybridized carbons (Fsp3) is 0.259. The topological polar surface area (TPSA) is 13.1 Å². The van der Waals surface area contributed by atoms with Crippen LogP contribution < -0.4 is 0 Å². The Hall–Kier alpha value is -2.80. The lowest BCUT2D eigenvalue weighted by molar-refractivity contribution is 0.582. The third kappa shape index (κ3) is 4.04. The molecule has 1 heteroatoms. The summed E-state index contributed by atoms with van der Waals surface area (Å²) in [4.78, 5) is 0. The van der Waals surface area contributed by atoms with Gasteiger partial charge in [0.15, 0.2) is 0 Å². The van der Waals surface area contributed by atoms with E-state index in [4.69, 9.17) is 4.42 Å². The van der Waals surface area contributed by atoms with Crippen molar-refractivity contribution < 1.29 is 4.42 Å². The normalized spacial score (nSPS) is 14.8. The first-order chi connectivity index (χ1) is 13.7. The fourth-order valence-corrected chi connectivity index (χ4v) is 3.64. The standard InChI is InChI=1S/C27H28O/c1-4-21-13-15-23(25(18-21)20(3)7-5-8-22-11-12-22)24-14-10-19(2)17-26(24)27-9-6-16-28-27/h5-10,13-18,22H,4,11-12H2,1-3H3/b8-5-,20-7+. The minimum atomic E-state index is 0.799. The molecule has 0 aliphatic heterocycles. The second-order valence-corrected chi connectivity index (χ2v) is 7.83. The van der Waals surface area contributed by atoms with Crippen LogP contribution in [-0.4, -0.2) is 0 Å². The molecule has 1 nitrogen and oxygen atoms in total. The zero-order chi connectivity index (χ0) is 19.5. The van der Waals surface area contributed by atoms with Crippen LogP contribution >= 0.6 is 0 Å². The van der Waals surface area contributed by atoms with E-state index in [0.29, 0.717) is 0 Å². The van der Waals surface area contributed by atoms with Gasteiger partial charge in [0.25, 0.3) is 0 Å². The predicted molar refractivity (Wildman–Crippen MR) is 119 cm³/mol. The summed E-state index contributed by atoms with van der Waals surface area (Å²) < 4.78 is 5.75. The Labute approximate surface area is 168 Å². The van der Waals surface area contributed by atoms with E-state index >= 15 is 0 Å². The maximum atomic E-state index is 5.75. The van der Waals surface area contributed by atoms with Crippen LogP contribution in [0.5, 0.6) is 0 Å². The summed E-state index contributed by atoms with van der Waals surface area (Å²) in [6, 6.07) is 17.5. The van der Waals surface area contributed by atoms with E-state index < -0.39 is 0 Å². The molecule has 0 saturated heterocycles. The molecule has 1 aliphatic carbocycles. The zero-order valence-electron chi connectivity index (χ0n) is 17.0. The molecule has 0 unspecified atom stereocenters. The molecule has 4 rings (SSSR count). The molecular weight excluding hydrogens is 340 g/mol. The van der Waals surface area contributed by atoms with Crippen molar-refractivity contribution in [1.82, 2.24) is 0 Å². The van der Waals surface area contributed by atoms with Crippen LogP contribution in [0.25, 0.3) is 28.0 Å². The molecule has 142 valence electrons. The second kappa shape index (κ2) is 8.06. The van der Waals surface area contributed by atoms with Crippen molar-refractivity contribution in [2.45, 2.75) is 40.0 Å². The highest BCUT2D eigenvalue weighted by Gasteiger charge is 2.17. The predicted octanol–water partition coefficient (Wildman–Crippen LogP) is 7.85. The molecule has 28 heavy (non-hydrogen) atoms. The van der Waals surface area contributed by atoms with Crippen molar-refractivity contribution >= 4 is 5.57 Å². The Morgan fingerprint density at radius 1 is 1.04 bits per heavy atom. The molecule has 3 aromatic rings. The van der Waals surface area contributed by atoms with Crippen LogP contribution in [-0.2, 0) is 6.42 Å². The molecule has 1 fully saturated rings.